The lowest BCUT2D eigenvalue weighted by Crippen LogP contribution is -2.45. The van der Waals surface area contributed by atoms with E-state index in [1.807, 2.05) is 41.5 Å². The van der Waals surface area contributed by atoms with E-state index in [0.29, 0.717) is 5.69 Å². The van der Waals surface area contributed by atoms with Gasteiger partial charge < -0.3 is 11.1 Å². The number of aromatic nitrogens is 2. The van der Waals surface area contributed by atoms with Crippen molar-refractivity contribution in [2.75, 3.05) is 5.32 Å². The van der Waals surface area contributed by atoms with Crippen LogP contribution in [0.1, 0.15) is 47.4 Å². The van der Waals surface area contributed by atoms with Crippen LogP contribution in [0.4, 0.5) is 5.69 Å². The number of rotatable bonds is 2. The minimum atomic E-state index is -0.574. The van der Waals surface area contributed by atoms with Gasteiger partial charge in [-0.2, -0.15) is 0 Å². The molecule has 3 N–H and O–H groups in total. The first-order valence-corrected chi connectivity index (χ1v) is 6.41. The molecule has 0 radical (unpaired) electrons. The zero-order valence-corrected chi connectivity index (χ0v) is 13.8. The number of hydrogen-bond acceptors (Lipinski definition) is 4. The van der Waals surface area contributed by atoms with Crippen LogP contribution in [0.5, 0.6) is 0 Å². The van der Waals surface area contributed by atoms with Crippen molar-refractivity contribution in [1.82, 2.24) is 9.97 Å². The summed E-state index contributed by atoms with van der Waals surface area (Å²) >= 11 is 0. The Balaban J connectivity index is 0.00000361. The minimum Gasteiger partial charge on any atom is -0.322 e. The second kappa shape index (κ2) is 6.50. The number of nitrogens with zero attached hydrogens (tertiary/aromatic N) is 2. The Morgan fingerprint density at radius 1 is 1.15 bits per heavy atom. The lowest BCUT2D eigenvalue weighted by molar-refractivity contribution is -0.119. The van der Waals surface area contributed by atoms with Crippen molar-refractivity contribution in [3.05, 3.63) is 18.2 Å². The minimum absolute atomic E-state index is 0. The zero-order valence-electron chi connectivity index (χ0n) is 13.0. The number of hydrogen-bond donors (Lipinski definition) is 2. The molecule has 0 bridgehead atoms. The molecule has 0 spiro atoms. The smallest absolute Gasteiger partial charge is 0.241 e. The average molecular weight is 301 g/mol. The van der Waals surface area contributed by atoms with Gasteiger partial charge in [-0.25, -0.2) is 9.97 Å². The van der Waals surface area contributed by atoms with Gasteiger partial charge in [0.2, 0.25) is 5.91 Å². The highest BCUT2D eigenvalue weighted by Gasteiger charge is 2.27. The van der Waals surface area contributed by atoms with Crippen LogP contribution >= 0.6 is 12.4 Å². The molecular weight excluding hydrogens is 276 g/mol. The Morgan fingerprint density at radius 3 is 1.95 bits per heavy atom. The molecule has 0 saturated heterocycles. The first-order valence-electron chi connectivity index (χ1n) is 6.41. The van der Waals surface area contributed by atoms with Gasteiger partial charge in [-0.15, -0.1) is 12.4 Å². The molecule has 1 aromatic heterocycles. The molecule has 1 aromatic rings. The van der Waals surface area contributed by atoms with Crippen molar-refractivity contribution in [3.63, 3.8) is 0 Å². The summed E-state index contributed by atoms with van der Waals surface area (Å²) in [5.74, 6) is 0.519. The van der Waals surface area contributed by atoms with Crippen LogP contribution in [0.15, 0.2) is 12.4 Å². The molecule has 5 nitrogen and oxygen atoms in total. The third-order valence-electron chi connectivity index (χ3n) is 2.81. The summed E-state index contributed by atoms with van der Waals surface area (Å²) in [4.78, 5) is 20.5. The Kier molecular flexibility index (Phi) is 6.11. The molecule has 1 amide bonds. The number of amides is 1. The molecule has 1 atom stereocenters. The molecule has 1 rings (SSSR count). The fourth-order valence-corrected chi connectivity index (χ4v) is 1.39. The number of halogens is 1. The zero-order chi connectivity index (χ0) is 14.8. The summed E-state index contributed by atoms with van der Waals surface area (Å²) in [6, 6.07) is -0.574. The molecule has 0 aliphatic rings. The van der Waals surface area contributed by atoms with Crippen molar-refractivity contribution >= 4 is 24.0 Å². The van der Waals surface area contributed by atoms with E-state index in [0.717, 1.165) is 5.82 Å². The summed E-state index contributed by atoms with van der Waals surface area (Å²) in [6.45, 7) is 11.9. The third-order valence-corrected chi connectivity index (χ3v) is 2.81. The van der Waals surface area contributed by atoms with E-state index in [9.17, 15) is 4.79 Å². The molecule has 0 aromatic carbocycles. The third kappa shape index (κ3) is 5.06. The highest BCUT2D eigenvalue weighted by Crippen LogP contribution is 2.20. The summed E-state index contributed by atoms with van der Waals surface area (Å²) in [7, 11) is 0. The lowest BCUT2D eigenvalue weighted by Gasteiger charge is -2.25. The van der Waals surface area contributed by atoms with Crippen molar-refractivity contribution in [3.8, 4) is 0 Å². The first-order chi connectivity index (χ1) is 8.51. The second-order valence-electron chi connectivity index (χ2n) is 6.88. The highest BCUT2D eigenvalue weighted by molar-refractivity contribution is 5.94. The van der Waals surface area contributed by atoms with Crippen molar-refractivity contribution in [1.29, 1.82) is 0 Å². The van der Waals surface area contributed by atoms with Crippen LogP contribution in [0.2, 0.25) is 0 Å². The van der Waals surface area contributed by atoms with Crippen LogP contribution < -0.4 is 11.1 Å². The van der Waals surface area contributed by atoms with E-state index >= 15 is 0 Å². The van der Waals surface area contributed by atoms with Gasteiger partial charge in [0.1, 0.15) is 5.82 Å². The number of carbonyl (C=O) groups is 1. The van der Waals surface area contributed by atoms with Gasteiger partial charge >= 0.3 is 0 Å². The Morgan fingerprint density at radius 2 is 1.60 bits per heavy atom. The van der Waals surface area contributed by atoms with E-state index in [2.05, 4.69) is 15.3 Å². The maximum atomic E-state index is 11.9. The molecule has 20 heavy (non-hydrogen) atoms. The average Bonchev–Trinajstić information content (AvgIpc) is 2.26. The maximum absolute atomic E-state index is 11.9. The normalized spacial score (nSPS) is 13.3. The molecule has 114 valence electrons. The van der Waals surface area contributed by atoms with E-state index in [1.54, 1.807) is 12.4 Å². The van der Waals surface area contributed by atoms with Gasteiger partial charge in [-0.05, 0) is 5.41 Å². The predicted octanol–water partition coefficient (Wildman–Crippen LogP) is 2.51. The molecule has 0 aliphatic carbocycles. The molecule has 1 heterocycles. The summed E-state index contributed by atoms with van der Waals surface area (Å²) in [6.07, 6.45) is 3.22. The SMILES string of the molecule is CC(C)(C)c1ncc(NC(=O)[C@@H](N)C(C)(C)C)cn1.Cl. The van der Waals surface area contributed by atoms with Gasteiger partial charge in [0.25, 0.3) is 0 Å². The largest absolute Gasteiger partial charge is 0.322 e. The molecule has 0 unspecified atom stereocenters. The first kappa shape index (κ1) is 18.8. The summed E-state index contributed by atoms with van der Waals surface area (Å²) in [5.41, 5.74) is 6.07. The standard InChI is InChI=1S/C14H24N4O.ClH/c1-13(2,3)10(15)11(19)18-9-7-16-12(17-8-9)14(4,5)6;/h7-8,10H,15H2,1-6H3,(H,18,19);1H/t10-;/m1./s1. The number of nitrogens with two attached hydrogens (primary N) is 1. The van der Waals surface area contributed by atoms with Gasteiger partial charge in [0.05, 0.1) is 24.1 Å². The Labute approximate surface area is 127 Å². The van der Waals surface area contributed by atoms with Gasteiger partial charge in [-0.3, -0.25) is 4.79 Å². The summed E-state index contributed by atoms with van der Waals surface area (Å²) in [5, 5.41) is 2.74. The fraction of sp³-hybridized carbons (Fsp3) is 0.643. The van der Waals surface area contributed by atoms with Gasteiger partial charge in [0, 0.05) is 5.41 Å². The van der Waals surface area contributed by atoms with Crippen LogP contribution in [0, 0.1) is 5.41 Å². The lowest BCUT2D eigenvalue weighted by atomic mass is 9.87. The number of anilines is 1. The van der Waals surface area contributed by atoms with E-state index in [1.165, 1.54) is 0 Å². The molecular formula is C14H25ClN4O. The number of carbonyl (C=O) groups excluding carboxylic acids is 1. The molecule has 0 saturated carbocycles. The molecule has 0 fully saturated rings. The number of nitrogens with one attached hydrogen (secondary N) is 1. The van der Waals surface area contributed by atoms with Crippen molar-refractivity contribution in [2.45, 2.75) is 53.0 Å². The van der Waals surface area contributed by atoms with Crippen LogP contribution in [0.25, 0.3) is 0 Å². The predicted molar refractivity (Wildman–Crippen MR) is 84.0 cm³/mol. The van der Waals surface area contributed by atoms with Gasteiger partial charge in [0.15, 0.2) is 0 Å². The molecule has 0 aliphatic heterocycles. The molecule has 6 heteroatoms. The van der Waals surface area contributed by atoms with Crippen LogP contribution in [-0.4, -0.2) is 21.9 Å². The van der Waals surface area contributed by atoms with Gasteiger partial charge in [-0.1, -0.05) is 41.5 Å². The monoisotopic (exact) mass is 300 g/mol. The quantitative estimate of drug-likeness (QED) is 0.879. The maximum Gasteiger partial charge on any atom is 0.241 e. The summed E-state index contributed by atoms with van der Waals surface area (Å²) < 4.78 is 0. The highest BCUT2D eigenvalue weighted by atomic mass is 35.5. The fourth-order valence-electron chi connectivity index (χ4n) is 1.39. The Bertz CT molecular complexity index is 446. The second-order valence-corrected chi connectivity index (χ2v) is 6.88. The van der Waals surface area contributed by atoms with Crippen LogP contribution in [-0.2, 0) is 10.2 Å². The van der Waals surface area contributed by atoms with E-state index < -0.39 is 6.04 Å². The van der Waals surface area contributed by atoms with E-state index in [-0.39, 0.29) is 29.1 Å². The van der Waals surface area contributed by atoms with Crippen molar-refractivity contribution in [2.24, 2.45) is 11.1 Å². The van der Waals surface area contributed by atoms with E-state index in [4.69, 9.17) is 5.73 Å². The Hall–Kier alpha value is -1.20. The van der Waals surface area contributed by atoms with Crippen molar-refractivity contribution < 1.29 is 4.79 Å². The van der Waals surface area contributed by atoms with Crippen LogP contribution in [0.3, 0.4) is 0 Å². The topological polar surface area (TPSA) is 80.9 Å².